The molecule has 0 bridgehead atoms. The zero-order valence-electron chi connectivity index (χ0n) is 17.0. The Morgan fingerprint density at radius 3 is 2.29 bits per heavy atom. The Morgan fingerprint density at radius 1 is 1.07 bits per heavy atom. The highest BCUT2D eigenvalue weighted by atomic mass is 32.2. The fourth-order valence-corrected chi connectivity index (χ4v) is 4.09. The minimum absolute atomic E-state index is 0.279. The lowest BCUT2D eigenvalue weighted by Crippen LogP contribution is -2.48. The van der Waals surface area contributed by atoms with Gasteiger partial charge in [0.15, 0.2) is 0 Å². The van der Waals surface area contributed by atoms with E-state index in [1.54, 1.807) is 13.0 Å². The molecule has 2 aromatic carbocycles. The standard InChI is InChI=1S/C21H28N2O4S/c1-15-7-10-19(11-8-15)27-13-12-22-21(24)18(4)23(28(5,25)26)20-14-16(2)6-9-17(20)3/h6-11,14,18H,12-13H2,1-5H3,(H,22,24)/t18-/m1/s1. The molecule has 0 radical (unpaired) electrons. The summed E-state index contributed by atoms with van der Waals surface area (Å²) in [4.78, 5) is 12.6. The normalized spacial score (nSPS) is 12.3. The van der Waals surface area contributed by atoms with Gasteiger partial charge in [0.2, 0.25) is 15.9 Å². The molecular weight excluding hydrogens is 376 g/mol. The number of hydrogen-bond acceptors (Lipinski definition) is 4. The fourth-order valence-electron chi connectivity index (χ4n) is 2.86. The number of hydrogen-bond donors (Lipinski definition) is 1. The van der Waals surface area contributed by atoms with Gasteiger partial charge in [-0.15, -0.1) is 0 Å². The van der Waals surface area contributed by atoms with E-state index in [0.29, 0.717) is 12.3 Å². The Kier molecular flexibility index (Phi) is 7.07. The summed E-state index contributed by atoms with van der Waals surface area (Å²) in [6.45, 7) is 7.86. The number of amides is 1. The van der Waals surface area contributed by atoms with E-state index in [0.717, 1.165) is 28.7 Å². The lowest BCUT2D eigenvalue weighted by Gasteiger charge is -2.29. The summed E-state index contributed by atoms with van der Waals surface area (Å²) in [6.07, 6.45) is 1.11. The van der Waals surface area contributed by atoms with Gasteiger partial charge in [-0.05, 0) is 57.0 Å². The van der Waals surface area contributed by atoms with E-state index in [1.807, 2.05) is 57.2 Å². The van der Waals surface area contributed by atoms with Crippen molar-refractivity contribution in [3.05, 3.63) is 59.2 Å². The van der Waals surface area contributed by atoms with Crippen molar-refractivity contribution < 1.29 is 17.9 Å². The molecule has 6 nitrogen and oxygen atoms in total. The highest BCUT2D eigenvalue weighted by Gasteiger charge is 2.30. The van der Waals surface area contributed by atoms with Crippen LogP contribution in [-0.4, -0.2) is 39.8 Å². The number of aryl methyl sites for hydroxylation is 3. The maximum absolute atomic E-state index is 12.6. The summed E-state index contributed by atoms with van der Waals surface area (Å²) in [5.74, 6) is 0.347. The number of benzene rings is 2. The molecule has 0 unspecified atom stereocenters. The van der Waals surface area contributed by atoms with E-state index in [2.05, 4.69) is 5.32 Å². The number of nitrogens with one attached hydrogen (secondary N) is 1. The third-order valence-electron chi connectivity index (χ3n) is 4.38. The molecular formula is C21H28N2O4S. The fraction of sp³-hybridized carbons (Fsp3) is 0.381. The van der Waals surface area contributed by atoms with E-state index in [1.165, 1.54) is 4.31 Å². The molecule has 1 amide bonds. The van der Waals surface area contributed by atoms with Crippen molar-refractivity contribution >= 4 is 21.6 Å². The van der Waals surface area contributed by atoms with Gasteiger partial charge in [-0.25, -0.2) is 8.42 Å². The van der Waals surface area contributed by atoms with E-state index < -0.39 is 16.1 Å². The second-order valence-corrected chi connectivity index (χ2v) is 8.84. The van der Waals surface area contributed by atoms with Crippen molar-refractivity contribution in [1.29, 1.82) is 0 Å². The number of carbonyl (C=O) groups excluding carboxylic acids is 1. The van der Waals surface area contributed by atoms with Gasteiger partial charge >= 0.3 is 0 Å². The number of sulfonamides is 1. The molecule has 0 aromatic heterocycles. The molecule has 0 saturated heterocycles. The van der Waals surface area contributed by atoms with Crippen LogP contribution < -0.4 is 14.4 Å². The van der Waals surface area contributed by atoms with Crippen LogP contribution in [0.4, 0.5) is 5.69 Å². The minimum atomic E-state index is -3.64. The second kappa shape index (κ2) is 9.10. The lowest BCUT2D eigenvalue weighted by atomic mass is 10.1. The Hall–Kier alpha value is -2.54. The van der Waals surface area contributed by atoms with Crippen LogP contribution in [0.2, 0.25) is 0 Å². The van der Waals surface area contributed by atoms with Crippen LogP contribution in [0.5, 0.6) is 5.75 Å². The van der Waals surface area contributed by atoms with Crippen LogP contribution in [-0.2, 0) is 14.8 Å². The van der Waals surface area contributed by atoms with Crippen LogP contribution in [0.3, 0.4) is 0 Å². The van der Waals surface area contributed by atoms with Gasteiger partial charge in [0.05, 0.1) is 18.5 Å². The first-order chi connectivity index (χ1) is 13.1. The molecule has 0 spiro atoms. The minimum Gasteiger partial charge on any atom is -0.492 e. The van der Waals surface area contributed by atoms with Crippen molar-refractivity contribution in [2.75, 3.05) is 23.7 Å². The predicted molar refractivity (Wildman–Crippen MR) is 112 cm³/mol. The average Bonchev–Trinajstić information content (AvgIpc) is 2.62. The number of anilines is 1. The molecule has 152 valence electrons. The zero-order chi connectivity index (χ0) is 20.9. The van der Waals surface area contributed by atoms with Gasteiger partial charge in [-0.3, -0.25) is 9.10 Å². The molecule has 2 rings (SSSR count). The summed E-state index contributed by atoms with van der Waals surface area (Å²) in [5, 5.41) is 2.75. The first kappa shape index (κ1) is 21.8. The van der Waals surface area contributed by atoms with Crippen LogP contribution in [0.25, 0.3) is 0 Å². The molecule has 0 aliphatic carbocycles. The Labute approximate surface area is 167 Å². The third kappa shape index (κ3) is 5.73. The van der Waals surface area contributed by atoms with Crippen molar-refractivity contribution in [3.63, 3.8) is 0 Å². The van der Waals surface area contributed by atoms with Crippen LogP contribution >= 0.6 is 0 Å². The third-order valence-corrected chi connectivity index (χ3v) is 5.61. The predicted octanol–water partition coefficient (Wildman–Crippen LogP) is 2.96. The maximum atomic E-state index is 12.6. The zero-order valence-corrected chi connectivity index (χ0v) is 17.8. The number of ether oxygens (including phenoxy) is 1. The van der Waals surface area contributed by atoms with Crippen molar-refractivity contribution in [2.45, 2.75) is 33.7 Å². The molecule has 0 heterocycles. The monoisotopic (exact) mass is 404 g/mol. The summed E-state index contributed by atoms with van der Waals surface area (Å²) in [5.41, 5.74) is 3.37. The van der Waals surface area contributed by atoms with Crippen molar-refractivity contribution in [1.82, 2.24) is 5.32 Å². The topological polar surface area (TPSA) is 75.7 Å². The number of carbonyl (C=O) groups is 1. The van der Waals surface area contributed by atoms with Crippen LogP contribution in [0.15, 0.2) is 42.5 Å². The first-order valence-electron chi connectivity index (χ1n) is 9.13. The highest BCUT2D eigenvalue weighted by molar-refractivity contribution is 7.92. The Morgan fingerprint density at radius 2 is 1.68 bits per heavy atom. The molecule has 1 atom stereocenters. The van der Waals surface area contributed by atoms with Gasteiger partial charge in [0.25, 0.3) is 0 Å². The molecule has 7 heteroatoms. The van der Waals surface area contributed by atoms with E-state index in [9.17, 15) is 13.2 Å². The molecule has 2 aromatic rings. The quantitative estimate of drug-likeness (QED) is 0.687. The average molecular weight is 405 g/mol. The number of nitrogens with zero attached hydrogens (tertiary/aromatic N) is 1. The van der Waals surface area contributed by atoms with Crippen molar-refractivity contribution in [2.24, 2.45) is 0 Å². The van der Waals surface area contributed by atoms with Gasteiger partial charge in [-0.2, -0.15) is 0 Å². The van der Waals surface area contributed by atoms with Gasteiger partial charge < -0.3 is 10.1 Å². The van der Waals surface area contributed by atoms with E-state index >= 15 is 0 Å². The molecule has 0 saturated carbocycles. The molecule has 1 N–H and O–H groups in total. The van der Waals surface area contributed by atoms with Gasteiger partial charge in [0, 0.05) is 0 Å². The van der Waals surface area contributed by atoms with Gasteiger partial charge in [-0.1, -0.05) is 29.8 Å². The molecule has 0 fully saturated rings. The Bertz CT molecular complexity index is 924. The van der Waals surface area contributed by atoms with Crippen molar-refractivity contribution in [3.8, 4) is 5.75 Å². The molecule has 0 aliphatic rings. The first-order valence-corrected chi connectivity index (χ1v) is 11.0. The largest absolute Gasteiger partial charge is 0.492 e. The highest BCUT2D eigenvalue weighted by Crippen LogP contribution is 2.26. The number of rotatable bonds is 8. The van der Waals surface area contributed by atoms with E-state index in [-0.39, 0.29) is 12.5 Å². The Balaban J connectivity index is 2.03. The molecule has 0 aliphatic heterocycles. The maximum Gasteiger partial charge on any atom is 0.243 e. The summed E-state index contributed by atoms with van der Waals surface area (Å²) >= 11 is 0. The van der Waals surface area contributed by atoms with Crippen LogP contribution in [0.1, 0.15) is 23.6 Å². The molecule has 28 heavy (non-hydrogen) atoms. The van der Waals surface area contributed by atoms with Gasteiger partial charge in [0.1, 0.15) is 18.4 Å². The summed E-state index contributed by atoms with van der Waals surface area (Å²) in [6, 6.07) is 12.3. The van der Waals surface area contributed by atoms with E-state index in [4.69, 9.17) is 4.74 Å². The SMILES string of the molecule is Cc1ccc(OCCNC(=O)[C@@H](C)N(c2cc(C)ccc2C)S(C)(=O)=O)cc1. The smallest absolute Gasteiger partial charge is 0.243 e. The second-order valence-electron chi connectivity index (χ2n) is 6.98. The summed E-state index contributed by atoms with van der Waals surface area (Å²) in [7, 11) is -3.64. The lowest BCUT2D eigenvalue weighted by molar-refractivity contribution is -0.121. The van der Waals surface area contributed by atoms with Crippen LogP contribution in [0, 0.1) is 20.8 Å². The summed E-state index contributed by atoms with van der Waals surface area (Å²) < 4.78 is 31.6.